The molecule has 1 aromatic carbocycles. The van der Waals surface area contributed by atoms with E-state index in [1.54, 1.807) is 0 Å². The molecule has 0 spiro atoms. The van der Waals surface area contributed by atoms with Crippen molar-refractivity contribution in [3.8, 4) is 0 Å². The zero-order valence-corrected chi connectivity index (χ0v) is 11.7. The van der Waals surface area contributed by atoms with Crippen molar-refractivity contribution < 1.29 is 4.74 Å². The maximum absolute atomic E-state index is 5.84. The number of anilines is 2. The zero-order valence-electron chi connectivity index (χ0n) is 11.7. The summed E-state index contributed by atoms with van der Waals surface area (Å²) in [5, 5.41) is 3.63. The van der Waals surface area contributed by atoms with E-state index < -0.39 is 0 Å². The Labute approximate surface area is 118 Å². The molecule has 2 aliphatic rings. The molecule has 106 valence electrons. The summed E-state index contributed by atoms with van der Waals surface area (Å²) in [7, 11) is 1.94. The van der Waals surface area contributed by atoms with Gasteiger partial charge in [-0.25, -0.2) is 4.98 Å². The third-order valence-electron chi connectivity index (χ3n) is 4.76. The highest BCUT2D eigenvalue weighted by atomic mass is 16.5. The van der Waals surface area contributed by atoms with E-state index in [9.17, 15) is 0 Å². The van der Waals surface area contributed by atoms with Crippen molar-refractivity contribution in [3.05, 3.63) is 18.2 Å². The second kappa shape index (κ2) is 4.38. The van der Waals surface area contributed by atoms with Crippen molar-refractivity contribution in [1.29, 1.82) is 0 Å². The van der Waals surface area contributed by atoms with Crippen LogP contribution in [0.2, 0.25) is 0 Å². The number of aromatic nitrogens is 2. The Hall–Kier alpha value is -1.75. The highest BCUT2D eigenvalue weighted by molar-refractivity contribution is 5.82. The normalized spacial score (nSPS) is 28.9. The van der Waals surface area contributed by atoms with Crippen LogP contribution in [0, 0.1) is 5.92 Å². The summed E-state index contributed by atoms with van der Waals surface area (Å²) in [4.78, 5) is 4.38. The number of aryl methyl sites for hydroxylation is 1. The molecule has 5 nitrogen and oxygen atoms in total. The quantitative estimate of drug-likeness (QED) is 0.879. The summed E-state index contributed by atoms with van der Waals surface area (Å²) in [6.07, 6.45) is 4.07. The van der Waals surface area contributed by atoms with Crippen LogP contribution in [0.4, 0.5) is 11.6 Å². The number of ether oxygens (including phenoxy) is 1. The van der Waals surface area contributed by atoms with Crippen molar-refractivity contribution in [2.45, 2.75) is 31.4 Å². The summed E-state index contributed by atoms with van der Waals surface area (Å²) >= 11 is 0. The van der Waals surface area contributed by atoms with Crippen molar-refractivity contribution in [2.75, 3.05) is 17.7 Å². The monoisotopic (exact) mass is 272 g/mol. The molecular formula is C15H20N4O. The lowest BCUT2D eigenvalue weighted by molar-refractivity contribution is -0.0897. The van der Waals surface area contributed by atoms with Crippen LogP contribution >= 0.6 is 0 Å². The zero-order chi connectivity index (χ0) is 13.7. The SMILES string of the molecule is Cn1c(N)nc2cc(NC3CC4OCCCC34)ccc21. The fraction of sp³-hybridized carbons (Fsp3) is 0.533. The van der Waals surface area contributed by atoms with Crippen LogP contribution in [0.5, 0.6) is 0 Å². The Morgan fingerprint density at radius 2 is 2.35 bits per heavy atom. The number of hydrogen-bond acceptors (Lipinski definition) is 4. The number of fused-ring (bicyclic) bond motifs is 2. The highest BCUT2D eigenvalue weighted by Gasteiger charge is 2.43. The van der Waals surface area contributed by atoms with Crippen molar-refractivity contribution >= 4 is 22.7 Å². The molecule has 3 atom stereocenters. The van der Waals surface area contributed by atoms with Gasteiger partial charge in [0.1, 0.15) is 0 Å². The predicted molar refractivity (Wildman–Crippen MR) is 79.6 cm³/mol. The number of nitrogens with two attached hydrogens (primary N) is 1. The minimum Gasteiger partial charge on any atom is -0.382 e. The molecular weight excluding hydrogens is 252 g/mol. The van der Waals surface area contributed by atoms with Gasteiger partial charge in [0.25, 0.3) is 0 Å². The van der Waals surface area contributed by atoms with Crippen LogP contribution in [0.25, 0.3) is 11.0 Å². The van der Waals surface area contributed by atoms with E-state index in [-0.39, 0.29) is 0 Å². The summed E-state index contributed by atoms with van der Waals surface area (Å²) in [5.74, 6) is 1.23. The molecule has 2 aromatic rings. The van der Waals surface area contributed by atoms with E-state index in [2.05, 4.69) is 28.5 Å². The van der Waals surface area contributed by atoms with Crippen LogP contribution in [-0.2, 0) is 11.8 Å². The van der Waals surface area contributed by atoms with E-state index in [4.69, 9.17) is 10.5 Å². The molecule has 1 aliphatic heterocycles. The van der Waals surface area contributed by atoms with Gasteiger partial charge in [0, 0.05) is 31.3 Å². The summed E-state index contributed by atoms with van der Waals surface area (Å²) < 4.78 is 7.67. The average molecular weight is 272 g/mol. The van der Waals surface area contributed by atoms with Gasteiger partial charge in [0.05, 0.1) is 17.1 Å². The number of benzene rings is 1. The lowest BCUT2D eigenvalue weighted by Crippen LogP contribution is -2.53. The second-order valence-electron chi connectivity index (χ2n) is 5.93. The van der Waals surface area contributed by atoms with Crippen LogP contribution in [0.1, 0.15) is 19.3 Å². The third kappa shape index (κ3) is 1.77. The molecule has 1 saturated carbocycles. The maximum atomic E-state index is 5.84. The van der Waals surface area contributed by atoms with E-state index in [1.807, 2.05) is 11.6 Å². The smallest absolute Gasteiger partial charge is 0.200 e. The standard InChI is InChI=1S/C15H20N4O/c1-19-13-5-4-9(7-12(13)18-15(19)16)17-11-8-14-10(11)3-2-6-20-14/h4-5,7,10-11,14,17H,2-3,6,8H2,1H3,(H2,16,18). The van der Waals surface area contributed by atoms with Gasteiger partial charge < -0.3 is 20.4 Å². The van der Waals surface area contributed by atoms with E-state index in [0.717, 1.165) is 29.7 Å². The number of nitrogen functional groups attached to an aromatic ring is 1. The molecule has 0 radical (unpaired) electrons. The Balaban J connectivity index is 1.54. The first-order chi connectivity index (χ1) is 9.72. The van der Waals surface area contributed by atoms with Gasteiger partial charge in [-0.3, -0.25) is 0 Å². The molecule has 4 rings (SSSR count). The lowest BCUT2D eigenvalue weighted by Gasteiger charge is -2.47. The fourth-order valence-electron chi connectivity index (χ4n) is 3.48. The van der Waals surface area contributed by atoms with Crippen LogP contribution in [0.15, 0.2) is 18.2 Å². The number of rotatable bonds is 2. The van der Waals surface area contributed by atoms with Gasteiger partial charge >= 0.3 is 0 Å². The van der Waals surface area contributed by atoms with Gasteiger partial charge in [-0.2, -0.15) is 0 Å². The molecule has 3 N–H and O–H groups in total. The Bertz CT molecular complexity index is 651. The van der Waals surface area contributed by atoms with Gasteiger partial charge in [-0.15, -0.1) is 0 Å². The van der Waals surface area contributed by atoms with Crippen molar-refractivity contribution in [3.63, 3.8) is 0 Å². The average Bonchev–Trinajstić information content (AvgIpc) is 2.71. The molecule has 20 heavy (non-hydrogen) atoms. The molecule has 2 heterocycles. The van der Waals surface area contributed by atoms with E-state index >= 15 is 0 Å². The fourth-order valence-corrected chi connectivity index (χ4v) is 3.48. The van der Waals surface area contributed by atoms with Gasteiger partial charge in [-0.1, -0.05) is 0 Å². The first kappa shape index (κ1) is 12.0. The summed E-state index contributed by atoms with van der Waals surface area (Å²) in [5.41, 5.74) is 8.99. The molecule has 1 aliphatic carbocycles. The van der Waals surface area contributed by atoms with Gasteiger partial charge in [0.2, 0.25) is 5.95 Å². The number of nitrogens with zero attached hydrogens (tertiary/aromatic N) is 2. The summed E-state index contributed by atoms with van der Waals surface area (Å²) in [6.45, 7) is 0.938. The molecule has 5 heteroatoms. The Morgan fingerprint density at radius 1 is 1.45 bits per heavy atom. The van der Waals surface area contributed by atoms with E-state index in [0.29, 0.717) is 24.0 Å². The molecule has 1 saturated heterocycles. The number of imidazole rings is 1. The van der Waals surface area contributed by atoms with Crippen molar-refractivity contribution in [1.82, 2.24) is 9.55 Å². The number of nitrogens with one attached hydrogen (secondary N) is 1. The van der Waals surface area contributed by atoms with Gasteiger partial charge in [-0.05, 0) is 37.5 Å². The second-order valence-corrected chi connectivity index (χ2v) is 5.93. The van der Waals surface area contributed by atoms with Gasteiger partial charge in [0.15, 0.2) is 0 Å². The minimum absolute atomic E-state index is 0.482. The summed E-state index contributed by atoms with van der Waals surface area (Å²) in [6, 6.07) is 6.82. The Kier molecular flexibility index (Phi) is 2.63. The number of hydrogen-bond donors (Lipinski definition) is 2. The van der Waals surface area contributed by atoms with E-state index in [1.165, 1.54) is 12.8 Å². The largest absolute Gasteiger partial charge is 0.382 e. The maximum Gasteiger partial charge on any atom is 0.200 e. The van der Waals surface area contributed by atoms with Crippen LogP contribution in [0.3, 0.4) is 0 Å². The molecule has 0 bridgehead atoms. The molecule has 0 amide bonds. The minimum atomic E-state index is 0.482. The van der Waals surface area contributed by atoms with Crippen molar-refractivity contribution in [2.24, 2.45) is 13.0 Å². The topological polar surface area (TPSA) is 65.1 Å². The molecule has 2 fully saturated rings. The lowest BCUT2D eigenvalue weighted by atomic mass is 9.72. The first-order valence-corrected chi connectivity index (χ1v) is 7.32. The molecule has 3 unspecified atom stereocenters. The first-order valence-electron chi connectivity index (χ1n) is 7.32. The van der Waals surface area contributed by atoms with Crippen LogP contribution in [-0.4, -0.2) is 28.3 Å². The molecule has 1 aromatic heterocycles. The third-order valence-corrected chi connectivity index (χ3v) is 4.76. The van der Waals surface area contributed by atoms with Crippen LogP contribution < -0.4 is 11.1 Å². The predicted octanol–water partition coefficient (Wildman–Crippen LogP) is 2.13. The Morgan fingerprint density at radius 3 is 3.20 bits per heavy atom. The highest BCUT2D eigenvalue weighted by Crippen LogP contribution is 2.39.